The van der Waals surface area contributed by atoms with E-state index < -0.39 is 0 Å². The van der Waals surface area contributed by atoms with Gasteiger partial charge in [-0.3, -0.25) is 9.59 Å². The molecular weight excluding hydrogens is 388 g/mol. The highest BCUT2D eigenvalue weighted by Gasteiger charge is 2.55. The number of fused-ring (bicyclic) bond motifs is 5. The quantitative estimate of drug-likeness (QED) is 0.504. The number of aliphatic hydroxyl groups is 1. The minimum Gasteiger partial charge on any atom is -0.427 e. The van der Waals surface area contributed by atoms with Crippen molar-refractivity contribution >= 4 is 11.8 Å². The largest absolute Gasteiger partial charge is 0.427 e. The Morgan fingerprint density at radius 2 is 1.84 bits per heavy atom. The molecule has 3 fully saturated rings. The summed E-state index contributed by atoms with van der Waals surface area (Å²) in [6.45, 7) is 4.10. The fraction of sp³-hybridized carbons (Fsp3) is 0.630. The monoisotopic (exact) mass is 424 g/mol. The Bertz CT molecular complexity index is 829. The first-order chi connectivity index (χ1) is 14.9. The summed E-state index contributed by atoms with van der Waals surface area (Å²) in [6, 6.07) is 9.06. The molecule has 3 saturated carbocycles. The molecule has 5 rings (SSSR count). The normalized spacial score (nSPS) is 36.2. The van der Waals surface area contributed by atoms with Crippen LogP contribution in [0.1, 0.15) is 71.6 Å². The molecule has 0 heterocycles. The zero-order valence-corrected chi connectivity index (χ0v) is 18.9. The molecule has 168 valence electrons. The molecule has 0 amide bonds. The molecule has 0 unspecified atom stereocenters. The Balaban J connectivity index is 0.000000180. The van der Waals surface area contributed by atoms with Crippen molar-refractivity contribution < 1.29 is 19.4 Å². The molecule has 31 heavy (non-hydrogen) atoms. The molecule has 4 aliphatic rings. The van der Waals surface area contributed by atoms with Crippen LogP contribution >= 0.6 is 0 Å². The molecule has 1 aromatic rings. The van der Waals surface area contributed by atoms with E-state index in [1.807, 2.05) is 24.3 Å². The Labute approximate surface area is 186 Å². The van der Waals surface area contributed by atoms with Gasteiger partial charge < -0.3 is 9.84 Å². The van der Waals surface area contributed by atoms with Gasteiger partial charge in [-0.05, 0) is 92.2 Å². The first-order valence-electron chi connectivity index (χ1n) is 12.1. The van der Waals surface area contributed by atoms with Crippen LogP contribution in [0.15, 0.2) is 42.0 Å². The van der Waals surface area contributed by atoms with Crippen LogP contribution in [0.4, 0.5) is 0 Å². The second kappa shape index (κ2) is 9.28. The summed E-state index contributed by atoms with van der Waals surface area (Å²) in [5.41, 5.74) is 1.65. The van der Waals surface area contributed by atoms with Crippen LogP contribution in [0.2, 0.25) is 0 Å². The van der Waals surface area contributed by atoms with Crippen molar-refractivity contribution in [1.29, 1.82) is 0 Å². The van der Waals surface area contributed by atoms with Gasteiger partial charge in [0, 0.05) is 12.8 Å². The zero-order chi connectivity index (χ0) is 22.0. The molecule has 0 aromatic heterocycles. The average molecular weight is 425 g/mol. The first-order valence-corrected chi connectivity index (χ1v) is 12.1. The number of hydrogen-bond acceptors (Lipinski definition) is 4. The van der Waals surface area contributed by atoms with Gasteiger partial charge >= 0.3 is 5.97 Å². The van der Waals surface area contributed by atoms with Crippen LogP contribution in [-0.4, -0.2) is 23.0 Å². The molecule has 1 aromatic carbocycles. The van der Waals surface area contributed by atoms with Gasteiger partial charge in [0.25, 0.3) is 0 Å². The number of rotatable bonds is 2. The van der Waals surface area contributed by atoms with Gasteiger partial charge in [0.1, 0.15) is 5.75 Å². The van der Waals surface area contributed by atoms with Crippen molar-refractivity contribution in [3.63, 3.8) is 0 Å². The van der Waals surface area contributed by atoms with Crippen LogP contribution < -0.4 is 4.74 Å². The molecule has 4 nitrogen and oxygen atoms in total. The average Bonchev–Trinajstić information content (AvgIpc) is 3.09. The lowest BCUT2D eigenvalue weighted by atomic mass is 9.52. The van der Waals surface area contributed by atoms with Crippen LogP contribution in [0.25, 0.3) is 0 Å². The van der Waals surface area contributed by atoms with E-state index in [1.54, 1.807) is 19.1 Å². The molecule has 4 aliphatic carbocycles. The number of carbonyl (C=O) groups excluding carboxylic acids is 2. The van der Waals surface area contributed by atoms with Crippen LogP contribution in [0, 0.1) is 29.1 Å². The van der Waals surface area contributed by atoms with Crippen molar-refractivity contribution in [3.05, 3.63) is 42.0 Å². The SMILES string of the molecule is CCC(=O)Oc1ccccc1.C[C@]12CC[C@H]3[C@@H](CCC4=CC(=O)CC[C@@H]43)[C@@H]1CC[C@@H]2O. The van der Waals surface area contributed by atoms with Gasteiger partial charge in [0.15, 0.2) is 5.78 Å². The maximum absolute atomic E-state index is 11.6. The van der Waals surface area contributed by atoms with Crippen LogP contribution in [0.3, 0.4) is 0 Å². The zero-order valence-electron chi connectivity index (χ0n) is 18.9. The fourth-order valence-electron chi connectivity index (χ4n) is 6.85. The standard InChI is InChI=1S/C18H26O2.C9H10O2/c1-18-9-8-14-13-5-3-12(19)10-11(13)2-4-15(14)16(18)6-7-17(18)20;1-2-9(10)11-8-6-4-3-5-7-8/h10,13-17,20H,2-9H2,1H3;3-7H,2H2,1H3/t13-,14+,15+,16-,17-,18-;/m0./s1. The molecule has 6 atom stereocenters. The second-order valence-corrected chi connectivity index (χ2v) is 10.1. The summed E-state index contributed by atoms with van der Waals surface area (Å²) >= 11 is 0. The third-order valence-corrected chi connectivity index (χ3v) is 8.51. The van der Waals surface area contributed by atoms with Crippen LogP contribution in [0.5, 0.6) is 5.75 Å². The smallest absolute Gasteiger partial charge is 0.310 e. The summed E-state index contributed by atoms with van der Waals surface area (Å²) in [5.74, 6) is 3.79. The summed E-state index contributed by atoms with van der Waals surface area (Å²) < 4.78 is 4.92. The second-order valence-electron chi connectivity index (χ2n) is 10.1. The third-order valence-electron chi connectivity index (χ3n) is 8.51. The van der Waals surface area contributed by atoms with Gasteiger partial charge in [-0.15, -0.1) is 0 Å². The van der Waals surface area contributed by atoms with Gasteiger partial charge in [-0.2, -0.15) is 0 Å². The number of carbonyl (C=O) groups is 2. The van der Waals surface area contributed by atoms with Gasteiger partial charge in [0.2, 0.25) is 0 Å². The Morgan fingerprint density at radius 1 is 1.06 bits per heavy atom. The number of allylic oxidation sites excluding steroid dienone is 1. The topological polar surface area (TPSA) is 63.6 Å². The van der Waals surface area contributed by atoms with Crippen molar-refractivity contribution in [1.82, 2.24) is 0 Å². The maximum Gasteiger partial charge on any atom is 0.310 e. The van der Waals surface area contributed by atoms with Gasteiger partial charge in [0.05, 0.1) is 6.10 Å². The Morgan fingerprint density at radius 3 is 2.58 bits per heavy atom. The highest BCUT2D eigenvalue weighted by Crippen LogP contribution is 2.61. The van der Waals surface area contributed by atoms with Crippen LogP contribution in [-0.2, 0) is 9.59 Å². The number of para-hydroxylation sites is 1. The first kappa shape index (κ1) is 22.3. The van der Waals surface area contributed by atoms with E-state index in [4.69, 9.17) is 4.74 Å². The van der Waals surface area contributed by atoms with Gasteiger partial charge in [-0.25, -0.2) is 0 Å². The Kier molecular flexibility index (Phi) is 6.66. The van der Waals surface area contributed by atoms with E-state index in [1.165, 1.54) is 31.3 Å². The van der Waals surface area contributed by atoms with E-state index in [2.05, 4.69) is 6.92 Å². The van der Waals surface area contributed by atoms with Crippen molar-refractivity contribution in [2.24, 2.45) is 29.1 Å². The number of ketones is 1. The minimum absolute atomic E-state index is 0.0710. The molecule has 0 spiro atoms. The molecule has 0 radical (unpaired) electrons. The summed E-state index contributed by atoms with van der Waals surface area (Å²) in [7, 11) is 0. The van der Waals surface area contributed by atoms with E-state index in [9.17, 15) is 14.7 Å². The molecular formula is C27H36O4. The summed E-state index contributed by atoms with van der Waals surface area (Å²) in [6.07, 6.45) is 11.3. The maximum atomic E-state index is 11.6. The summed E-state index contributed by atoms with van der Waals surface area (Å²) in [5, 5.41) is 10.4. The lowest BCUT2D eigenvalue weighted by molar-refractivity contribution is -0.134. The minimum atomic E-state index is -0.198. The lowest BCUT2D eigenvalue weighted by Gasteiger charge is -2.53. The molecule has 4 heteroatoms. The summed E-state index contributed by atoms with van der Waals surface area (Å²) in [4.78, 5) is 22.4. The predicted molar refractivity (Wildman–Crippen MR) is 120 cm³/mol. The molecule has 1 N–H and O–H groups in total. The number of hydrogen-bond donors (Lipinski definition) is 1. The van der Waals surface area contributed by atoms with E-state index in [-0.39, 0.29) is 17.5 Å². The highest BCUT2D eigenvalue weighted by molar-refractivity contribution is 5.91. The number of benzene rings is 1. The highest BCUT2D eigenvalue weighted by atomic mass is 16.5. The van der Waals surface area contributed by atoms with E-state index in [0.29, 0.717) is 23.9 Å². The van der Waals surface area contributed by atoms with Crippen molar-refractivity contribution in [3.8, 4) is 5.75 Å². The fourth-order valence-corrected chi connectivity index (χ4v) is 6.85. The number of aliphatic hydroxyl groups excluding tert-OH is 1. The molecule has 0 aliphatic heterocycles. The van der Waals surface area contributed by atoms with Crippen molar-refractivity contribution in [2.45, 2.75) is 77.7 Å². The number of esters is 1. The third kappa shape index (κ3) is 4.50. The Hall–Kier alpha value is -1.94. The van der Waals surface area contributed by atoms with Gasteiger partial charge in [-0.1, -0.05) is 37.6 Å². The van der Waals surface area contributed by atoms with Crippen molar-refractivity contribution in [2.75, 3.05) is 0 Å². The molecule has 0 bridgehead atoms. The lowest BCUT2D eigenvalue weighted by Crippen LogP contribution is -2.47. The number of ether oxygens (including phenoxy) is 1. The molecule has 0 saturated heterocycles. The predicted octanol–water partition coefficient (Wildman–Crippen LogP) is 5.49. The van der Waals surface area contributed by atoms with E-state index >= 15 is 0 Å². The van der Waals surface area contributed by atoms with E-state index in [0.717, 1.165) is 43.4 Å².